The zero-order valence-corrected chi connectivity index (χ0v) is 11.5. The molecule has 0 aliphatic carbocycles. The average Bonchev–Trinajstić information content (AvgIpc) is 2.38. The third-order valence-corrected chi connectivity index (χ3v) is 3.11. The number of aromatic nitrogens is 2. The number of morpholine rings is 1. The minimum absolute atomic E-state index is 0.262. The summed E-state index contributed by atoms with van der Waals surface area (Å²) in [6.45, 7) is 4.89. The fourth-order valence-electron chi connectivity index (χ4n) is 1.98. The third kappa shape index (κ3) is 3.31. The molecule has 1 aromatic rings. The van der Waals surface area contributed by atoms with Gasteiger partial charge in [-0.15, -0.1) is 0 Å². The molecule has 1 aliphatic rings. The Hall–Kier alpha value is -0.910. The fourth-order valence-corrected chi connectivity index (χ4v) is 2.18. The van der Waals surface area contributed by atoms with Crippen LogP contribution in [0, 0.1) is 0 Å². The lowest BCUT2D eigenvalue weighted by Crippen LogP contribution is -2.42. The number of anilines is 1. The monoisotopic (exact) mass is 271 g/mol. The van der Waals surface area contributed by atoms with Gasteiger partial charge in [-0.05, 0) is 6.42 Å². The predicted octanol–water partition coefficient (Wildman–Crippen LogP) is 1.89. The van der Waals surface area contributed by atoms with E-state index < -0.39 is 0 Å². The van der Waals surface area contributed by atoms with Crippen LogP contribution in [0.2, 0.25) is 5.15 Å². The Balaban J connectivity index is 2.16. The Morgan fingerprint density at radius 1 is 1.56 bits per heavy atom. The fraction of sp³-hybridized carbons (Fsp3) is 0.667. The van der Waals surface area contributed by atoms with Crippen LogP contribution in [0.1, 0.15) is 19.2 Å². The van der Waals surface area contributed by atoms with Crippen molar-refractivity contribution in [3.8, 4) is 0 Å². The molecule has 5 nitrogen and oxygen atoms in total. The van der Waals surface area contributed by atoms with Crippen LogP contribution in [0.3, 0.4) is 0 Å². The van der Waals surface area contributed by atoms with E-state index in [1.165, 1.54) is 0 Å². The van der Waals surface area contributed by atoms with E-state index in [0.29, 0.717) is 17.6 Å². The SMILES string of the molecule is CCC1CN(c2cc(Cl)nc(COC)n2)CCO1. The molecule has 2 heterocycles. The number of hydrogen-bond donors (Lipinski definition) is 0. The van der Waals surface area contributed by atoms with Crippen molar-refractivity contribution < 1.29 is 9.47 Å². The summed E-state index contributed by atoms with van der Waals surface area (Å²) in [5, 5.41) is 0.451. The van der Waals surface area contributed by atoms with Crippen LogP contribution in [0.25, 0.3) is 0 Å². The molecule has 1 fully saturated rings. The Morgan fingerprint density at radius 3 is 3.11 bits per heavy atom. The van der Waals surface area contributed by atoms with Crippen molar-refractivity contribution in [3.05, 3.63) is 17.0 Å². The molecule has 0 amide bonds. The van der Waals surface area contributed by atoms with Gasteiger partial charge in [-0.2, -0.15) is 0 Å². The highest BCUT2D eigenvalue weighted by Crippen LogP contribution is 2.20. The van der Waals surface area contributed by atoms with Crippen LogP contribution < -0.4 is 4.90 Å². The molecular weight excluding hydrogens is 254 g/mol. The van der Waals surface area contributed by atoms with Gasteiger partial charge in [-0.25, -0.2) is 9.97 Å². The normalized spacial score (nSPS) is 20.2. The molecule has 100 valence electrons. The smallest absolute Gasteiger partial charge is 0.158 e. The van der Waals surface area contributed by atoms with Crippen molar-refractivity contribution in [1.82, 2.24) is 9.97 Å². The van der Waals surface area contributed by atoms with Crippen molar-refractivity contribution >= 4 is 17.4 Å². The van der Waals surface area contributed by atoms with Crippen molar-refractivity contribution in [2.45, 2.75) is 26.1 Å². The van der Waals surface area contributed by atoms with Crippen molar-refractivity contribution in [2.75, 3.05) is 31.7 Å². The van der Waals surface area contributed by atoms with Crippen LogP contribution in [-0.4, -0.2) is 42.9 Å². The number of ether oxygens (including phenoxy) is 2. The largest absolute Gasteiger partial charge is 0.377 e. The van der Waals surface area contributed by atoms with Crippen molar-refractivity contribution in [2.24, 2.45) is 0 Å². The lowest BCUT2D eigenvalue weighted by atomic mass is 10.2. The Kier molecular flexibility index (Phi) is 4.74. The van der Waals surface area contributed by atoms with E-state index in [1.54, 1.807) is 13.2 Å². The summed E-state index contributed by atoms with van der Waals surface area (Å²) in [6.07, 6.45) is 1.26. The van der Waals surface area contributed by atoms with Gasteiger partial charge in [0.1, 0.15) is 17.6 Å². The molecule has 6 heteroatoms. The van der Waals surface area contributed by atoms with Gasteiger partial charge in [-0.3, -0.25) is 0 Å². The summed E-state index contributed by atoms with van der Waals surface area (Å²) in [7, 11) is 1.62. The molecule has 1 saturated heterocycles. The van der Waals surface area contributed by atoms with Gasteiger partial charge in [0.15, 0.2) is 5.82 Å². The molecule has 1 aliphatic heterocycles. The number of halogens is 1. The third-order valence-electron chi connectivity index (χ3n) is 2.92. The second-order valence-electron chi connectivity index (χ2n) is 4.25. The summed E-state index contributed by atoms with van der Waals surface area (Å²) < 4.78 is 10.7. The quantitative estimate of drug-likeness (QED) is 0.783. The average molecular weight is 272 g/mol. The van der Waals surface area contributed by atoms with Gasteiger partial charge >= 0.3 is 0 Å². The molecule has 0 spiro atoms. The molecule has 0 bridgehead atoms. The van der Waals surface area contributed by atoms with Crippen LogP contribution in [0.4, 0.5) is 5.82 Å². The molecular formula is C12H18ClN3O2. The van der Waals surface area contributed by atoms with Gasteiger partial charge < -0.3 is 14.4 Å². The Morgan fingerprint density at radius 2 is 2.39 bits per heavy atom. The molecule has 0 aromatic carbocycles. The minimum atomic E-state index is 0.262. The maximum atomic E-state index is 6.01. The van der Waals surface area contributed by atoms with Crippen LogP contribution in [0.15, 0.2) is 6.07 Å². The Labute approximate surface area is 112 Å². The number of hydrogen-bond acceptors (Lipinski definition) is 5. The second-order valence-corrected chi connectivity index (χ2v) is 4.63. The van der Waals surface area contributed by atoms with Crippen LogP contribution >= 0.6 is 11.6 Å². The summed E-state index contributed by atoms with van der Waals surface area (Å²) in [5.41, 5.74) is 0. The first-order valence-corrected chi connectivity index (χ1v) is 6.49. The first kappa shape index (κ1) is 13.5. The molecule has 0 saturated carbocycles. The van der Waals surface area contributed by atoms with Crippen LogP contribution in [0.5, 0.6) is 0 Å². The van der Waals surface area contributed by atoms with E-state index >= 15 is 0 Å². The number of nitrogens with zero attached hydrogens (tertiary/aromatic N) is 3. The standard InChI is InChI=1S/C12H18ClN3O2/c1-3-9-7-16(4-5-18-9)12-6-10(13)14-11(15-12)8-17-2/h6,9H,3-5,7-8H2,1-2H3. The molecule has 1 aromatic heterocycles. The van der Waals surface area contributed by atoms with E-state index in [4.69, 9.17) is 21.1 Å². The topological polar surface area (TPSA) is 47.5 Å². The number of rotatable bonds is 4. The maximum absolute atomic E-state index is 6.01. The molecule has 1 unspecified atom stereocenters. The summed E-state index contributed by atoms with van der Waals surface area (Å²) in [5.74, 6) is 1.46. The maximum Gasteiger partial charge on any atom is 0.158 e. The first-order valence-electron chi connectivity index (χ1n) is 6.12. The van der Waals surface area contributed by atoms with Gasteiger partial charge in [0.25, 0.3) is 0 Å². The Bertz CT molecular complexity index is 403. The lowest BCUT2D eigenvalue weighted by Gasteiger charge is -2.33. The van der Waals surface area contributed by atoms with E-state index in [-0.39, 0.29) is 6.10 Å². The first-order chi connectivity index (χ1) is 8.72. The van der Waals surface area contributed by atoms with E-state index in [1.807, 2.05) is 0 Å². The van der Waals surface area contributed by atoms with Crippen molar-refractivity contribution in [3.63, 3.8) is 0 Å². The van der Waals surface area contributed by atoms with E-state index in [0.717, 1.165) is 31.9 Å². The molecule has 0 N–H and O–H groups in total. The van der Waals surface area contributed by atoms with Gasteiger partial charge in [-0.1, -0.05) is 18.5 Å². The zero-order chi connectivity index (χ0) is 13.0. The number of methoxy groups -OCH3 is 1. The second kappa shape index (κ2) is 6.31. The predicted molar refractivity (Wildman–Crippen MR) is 70.0 cm³/mol. The molecule has 18 heavy (non-hydrogen) atoms. The van der Waals surface area contributed by atoms with Crippen molar-refractivity contribution in [1.29, 1.82) is 0 Å². The molecule has 0 radical (unpaired) electrons. The zero-order valence-electron chi connectivity index (χ0n) is 10.7. The highest BCUT2D eigenvalue weighted by atomic mass is 35.5. The molecule has 1 atom stereocenters. The lowest BCUT2D eigenvalue weighted by molar-refractivity contribution is 0.0381. The van der Waals surface area contributed by atoms with Crippen LogP contribution in [-0.2, 0) is 16.1 Å². The highest BCUT2D eigenvalue weighted by Gasteiger charge is 2.20. The summed E-state index contributed by atoms with van der Waals surface area (Å²) >= 11 is 6.01. The molecule has 2 rings (SSSR count). The van der Waals surface area contributed by atoms with Gasteiger partial charge in [0.2, 0.25) is 0 Å². The van der Waals surface area contributed by atoms with E-state index in [9.17, 15) is 0 Å². The van der Waals surface area contributed by atoms with E-state index in [2.05, 4.69) is 21.8 Å². The highest BCUT2D eigenvalue weighted by molar-refractivity contribution is 6.29. The van der Waals surface area contributed by atoms with Gasteiger partial charge in [0.05, 0.1) is 12.7 Å². The van der Waals surface area contributed by atoms with Gasteiger partial charge in [0, 0.05) is 26.3 Å². The summed E-state index contributed by atoms with van der Waals surface area (Å²) in [6, 6.07) is 1.79. The minimum Gasteiger partial charge on any atom is -0.377 e. The summed E-state index contributed by atoms with van der Waals surface area (Å²) in [4.78, 5) is 10.8.